The number of carbonyl (C=O) groups excluding carboxylic acids is 1. The van der Waals surface area contributed by atoms with Crippen molar-refractivity contribution in [3.8, 4) is 5.75 Å². The predicted octanol–water partition coefficient (Wildman–Crippen LogP) is 3.00. The monoisotopic (exact) mass is 377 g/mol. The summed E-state index contributed by atoms with van der Waals surface area (Å²) in [5.41, 5.74) is -0.899. The van der Waals surface area contributed by atoms with Crippen molar-refractivity contribution in [1.29, 1.82) is 0 Å². The maximum atomic E-state index is 13.4. The number of ketones is 1. The Bertz CT molecular complexity index is 1070. The molecule has 0 spiro atoms. The number of hydrogen-bond acceptors (Lipinski definition) is 7. The second-order valence-electron chi connectivity index (χ2n) is 5.22. The summed E-state index contributed by atoms with van der Waals surface area (Å²) in [5.74, 6) is -2.26. The van der Waals surface area contributed by atoms with Crippen molar-refractivity contribution in [2.45, 2.75) is 0 Å². The highest BCUT2D eigenvalue weighted by Crippen LogP contribution is 2.29. The Balaban J connectivity index is 1.78. The molecule has 2 N–H and O–H groups in total. The zero-order valence-corrected chi connectivity index (χ0v) is 14.2. The van der Waals surface area contributed by atoms with Crippen molar-refractivity contribution in [2.75, 3.05) is 19.0 Å². The number of carboxylic acid groups (broad SMARTS) is 1. The van der Waals surface area contributed by atoms with Gasteiger partial charge in [0.05, 0.1) is 23.4 Å². The van der Waals surface area contributed by atoms with Crippen molar-refractivity contribution >= 4 is 38.4 Å². The predicted molar refractivity (Wildman–Crippen MR) is 93.1 cm³/mol. The number of aromatic carboxylic acids is 1. The molecule has 3 rings (SSSR count). The van der Waals surface area contributed by atoms with E-state index in [1.54, 1.807) is 0 Å². The van der Waals surface area contributed by atoms with E-state index in [0.717, 1.165) is 17.4 Å². The zero-order valence-electron chi connectivity index (χ0n) is 13.4. The minimum Gasteiger partial charge on any atom is -0.494 e. The van der Waals surface area contributed by atoms with Crippen molar-refractivity contribution in [2.24, 2.45) is 0 Å². The minimum absolute atomic E-state index is 0.0271. The average Bonchev–Trinajstić information content (AvgIpc) is 3.00. The number of benzene rings is 1. The van der Waals surface area contributed by atoms with Gasteiger partial charge in [-0.3, -0.25) is 4.79 Å². The number of hydrogen-bond donors (Lipinski definition) is 2. The molecule has 3 aromatic rings. The van der Waals surface area contributed by atoms with Crippen molar-refractivity contribution < 1.29 is 28.2 Å². The lowest BCUT2D eigenvalue weighted by atomic mass is 10.1. The van der Waals surface area contributed by atoms with Crippen LogP contribution in [0.2, 0.25) is 0 Å². The van der Waals surface area contributed by atoms with Gasteiger partial charge in [-0.1, -0.05) is 0 Å². The van der Waals surface area contributed by atoms with Gasteiger partial charge in [0.15, 0.2) is 22.9 Å². The van der Waals surface area contributed by atoms with Gasteiger partial charge in [-0.15, -0.1) is 11.3 Å². The number of thiophene rings is 1. The minimum atomic E-state index is -1.37. The molecule has 134 valence electrons. The fourth-order valence-corrected chi connectivity index (χ4v) is 3.18. The molecule has 0 atom stereocenters. The van der Waals surface area contributed by atoms with Gasteiger partial charge >= 0.3 is 11.6 Å². The van der Waals surface area contributed by atoms with E-state index in [-0.39, 0.29) is 29.2 Å². The third-order valence-electron chi connectivity index (χ3n) is 3.55. The Morgan fingerprint density at radius 2 is 2.08 bits per heavy atom. The normalized spacial score (nSPS) is 10.7. The van der Waals surface area contributed by atoms with E-state index < -0.39 is 23.0 Å². The standard InChI is InChI=1S/C17H12FNO6S/c1-24-12-4-8(2-3-10(12)18)11(20)7-19-15-6-13-14(26-15)5-9(16(21)22)17(23)25-13/h2-6,19H,7H2,1H3,(H,21,22). The topological polar surface area (TPSA) is 106 Å². The molecule has 0 fully saturated rings. The van der Waals surface area contributed by atoms with Crippen LogP contribution in [0, 0.1) is 5.82 Å². The second kappa shape index (κ2) is 6.96. The van der Waals surface area contributed by atoms with E-state index in [2.05, 4.69) is 5.32 Å². The molecule has 0 aliphatic heterocycles. The molecule has 0 saturated carbocycles. The maximum Gasteiger partial charge on any atom is 0.351 e. The van der Waals surface area contributed by atoms with Crippen LogP contribution in [0.1, 0.15) is 20.7 Å². The molecule has 2 heterocycles. The molecule has 9 heteroatoms. The first kappa shape index (κ1) is 17.6. The molecule has 26 heavy (non-hydrogen) atoms. The van der Waals surface area contributed by atoms with E-state index >= 15 is 0 Å². The summed E-state index contributed by atoms with van der Waals surface area (Å²) in [6.45, 7) is -0.0857. The van der Waals surface area contributed by atoms with E-state index in [1.807, 2.05) is 0 Å². The van der Waals surface area contributed by atoms with Gasteiger partial charge in [0.1, 0.15) is 5.56 Å². The number of halogens is 1. The van der Waals surface area contributed by atoms with Gasteiger partial charge in [0.25, 0.3) is 0 Å². The van der Waals surface area contributed by atoms with Crippen LogP contribution >= 0.6 is 11.3 Å². The van der Waals surface area contributed by atoms with E-state index in [4.69, 9.17) is 14.3 Å². The summed E-state index contributed by atoms with van der Waals surface area (Å²) < 4.78 is 23.7. The third-order valence-corrected chi connectivity index (χ3v) is 4.57. The van der Waals surface area contributed by atoms with Gasteiger partial charge in [0, 0.05) is 11.6 Å². The van der Waals surface area contributed by atoms with Crippen LogP contribution in [0.5, 0.6) is 5.75 Å². The maximum absolute atomic E-state index is 13.4. The highest BCUT2D eigenvalue weighted by molar-refractivity contribution is 7.22. The molecule has 1 aromatic carbocycles. The Labute approximate surface area is 149 Å². The Morgan fingerprint density at radius 1 is 1.31 bits per heavy atom. The number of methoxy groups -OCH3 is 1. The molecule has 0 aliphatic rings. The van der Waals surface area contributed by atoms with Crippen LogP contribution in [0.4, 0.5) is 9.39 Å². The number of rotatable bonds is 6. The molecule has 0 unspecified atom stereocenters. The number of carboxylic acids is 1. The van der Waals surface area contributed by atoms with Crippen LogP contribution in [0.3, 0.4) is 0 Å². The SMILES string of the molecule is COc1cc(C(=O)CNc2cc3oc(=O)c(C(=O)O)cc3s2)ccc1F. The van der Waals surface area contributed by atoms with Crippen molar-refractivity contribution in [1.82, 2.24) is 0 Å². The van der Waals surface area contributed by atoms with Gasteiger partial charge in [-0.05, 0) is 24.3 Å². The lowest BCUT2D eigenvalue weighted by Crippen LogP contribution is -2.13. The lowest BCUT2D eigenvalue weighted by molar-refractivity contribution is 0.0692. The molecule has 0 aliphatic carbocycles. The van der Waals surface area contributed by atoms with Crippen LogP contribution in [-0.4, -0.2) is 30.5 Å². The largest absolute Gasteiger partial charge is 0.494 e. The van der Waals surface area contributed by atoms with E-state index in [0.29, 0.717) is 9.70 Å². The first-order chi connectivity index (χ1) is 12.4. The summed E-state index contributed by atoms with van der Waals surface area (Å²) >= 11 is 1.14. The third kappa shape index (κ3) is 3.42. The number of anilines is 1. The fourth-order valence-electron chi connectivity index (χ4n) is 2.25. The molecule has 0 amide bonds. The van der Waals surface area contributed by atoms with Gasteiger partial charge in [0.2, 0.25) is 0 Å². The van der Waals surface area contributed by atoms with Crippen molar-refractivity contribution in [3.63, 3.8) is 0 Å². The Hall–Kier alpha value is -3.20. The van der Waals surface area contributed by atoms with Crippen LogP contribution < -0.4 is 15.7 Å². The van der Waals surface area contributed by atoms with Gasteiger partial charge in [-0.2, -0.15) is 0 Å². The summed E-state index contributed by atoms with van der Waals surface area (Å²) in [6.07, 6.45) is 0. The Kier molecular flexibility index (Phi) is 4.72. The average molecular weight is 377 g/mol. The second-order valence-corrected chi connectivity index (χ2v) is 6.30. The molecular formula is C17H12FNO6S. The Morgan fingerprint density at radius 3 is 2.77 bits per heavy atom. The number of Topliss-reactive ketones (excluding diaryl/α,β-unsaturated/α-hetero) is 1. The molecule has 0 radical (unpaired) electrons. The quantitative estimate of drug-likeness (QED) is 0.636. The number of nitrogens with one attached hydrogen (secondary N) is 1. The number of fused-ring (bicyclic) bond motifs is 1. The molecule has 0 bridgehead atoms. The highest BCUT2D eigenvalue weighted by Gasteiger charge is 2.15. The molecule has 7 nitrogen and oxygen atoms in total. The fraction of sp³-hybridized carbons (Fsp3) is 0.118. The number of carbonyl (C=O) groups is 2. The number of ether oxygens (including phenoxy) is 1. The smallest absolute Gasteiger partial charge is 0.351 e. The first-order valence-electron chi connectivity index (χ1n) is 7.30. The van der Waals surface area contributed by atoms with Crippen molar-refractivity contribution in [3.05, 3.63) is 57.7 Å². The molecule has 2 aromatic heterocycles. The lowest BCUT2D eigenvalue weighted by Gasteiger charge is -2.06. The van der Waals surface area contributed by atoms with Crippen LogP contribution in [0.15, 0.2) is 39.5 Å². The van der Waals surface area contributed by atoms with Crippen LogP contribution in [-0.2, 0) is 0 Å². The van der Waals surface area contributed by atoms with Gasteiger partial charge < -0.3 is 19.6 Å². The van der Waals surface area contributed by atoms with Gasteiger partial charge in [-0.25, -0.2) is 14.0 Å². The summed E-state index contributed by atoms with van der Waals surface area (Å²) in [5, 5.41) is 12.3. The first-order valence-corrected chi connectivity index (χ1v) is 8.12. The zero-order chi connectivity index (χ0) is 18.8. The van der Waals surface area contributed by atoms with E-state index in [1.165, 1.54) is 31.4 Å². The summed E-state index contributed by atoms with van der Waals surface area (Å²) in [6, 6.07) is 6.54. The molecule has 0 saturated heterocycles. The highest BCUT2D eigenvalue weighted by atomic mass is 32.1. The summed E-state index contributed by atoms with van der Waals surface area (Å²) in [7, 11) is 1.31. The summed E-state index contributed by atoms with van der Waals surface area (Å²) in [4.78, 5) is 34.8. The molecular weight excluding hydrogens is 365 g/mol. The van der Waals surface area contributed by atoms with Crippen LogP contribution in [0.25, 0.3) is 10.3 Å². The van der Waals surface area contributed by atoms with E-state index in [9.17, 15) is 18.8 Å².